The van der Waals surface area contributed by atoms with Crippen LogP contribution in [0, 0.1) is 11.6 Å². The molecule has 0 aliphatic rings. The summed E-state index contributed by atoms with van der Waals surface area (Å²) < 4.78 is 25.3. The minimum atomic E-state index is -0.245. The first-order valence-electron chi connectivity index (χ1n) is 11.1. The van der Waals surface area contributed by atoms with Crippen LogP contribution in [-0.2, 0) is 0 Å². The SMILES string of the molecule is CC(C)c1[nH]ncc1F.CC(C)c1ccccc1C(C)C.CC(C)c1ccccc1F. The third-order valence-corrected chi connectivity index (χ3v) is 4.96. The van der Waals surface area contributed by atoms with Crippen molar-refractivity contribution in [1.82, 2.24) is 10.2 Å². The lowest BCUT2D eigenvalue weighted by Gasteiger charge is -2.14. The number of halogens is 2. The number of nitrogens with one attached hydrogen (secondary N) is 1. The third kappa shape index (κ3) is 8.64. The highest BCUT2D eigenvalue weighted by Crippen LogP contribution is 2.25. The average Bonchev–Trinajstić information content (AvgIpc) is 3.15. The molecular weight excluding hydrogens is 390 g/mol. The molecule has 4 heteroatoms. The van der Waals surface area contributed by atoms with Gasteiger partial charge in [0, 0.05) is 0 Å². The average molecular weight is 429 g/mol. The molecule has 0 saturated heterocycles. The minimum Gasteiger partial charge on any atom is -0.279 e. The number of rotatable bonds is 4. The maximum atomic E-state index is 12.8. The maximum absolute atomic E-state index is 12.8. The first-order chi connectivity index (χ1) is 14.6. The molecule has 3 rings (SSSR count). The van der Waals surface area contributed by atoms with E-state index in [0.29, 0.717) is 17.5 Å². The van der Waals surface area contributed by atoms with Gasteiger partial charge in [0.15, 0.2) is 5.82 Å². The molecular formula is C27H38F2N2. The Morgan fingerprint density at radius 2 is 1.00 bits per heavy atom. The Morgan fingerprint density at radius 3 is 1.26 bits per heavy atom. The van der Waals surface area contributed by atoms with E-state index in [2.05, 4.69) is 62.2 Å². The summed E-state index contributed by atoms with van der Waals surface area (Å²) in [6.07, 6.45) is 1.19. The van der Waals surface area contributed by atoms with Gasteiger partial charge in [-0.3, -0.25) is 5.10 Å². The Balaban J connectivity index is 0.000000235. The molecule has 0 amide bonds. The summed E-state index contributed by atoms with van der Waals surface area (Å²) in [7, 11) is 0. The Morgan fingerprint density at radius 1 is 0.581 bits per heavy atom. The van der Waals surface area contributed by atoms with Crippen molar-refractivity contribution in [2.75, 3.05) is 0 Å². The molecule has 0 radical (unpaired) electrons. The van der Waals surface area contributed by atoms with Gasteiger partial charge in [-0.05, 0) is 46.4 Å². The smallest absolute Gasteiger partial charge is 0.164 e. The molecule has 170 valence electrons. The highest BCUT2D eigenvalue weighted by atomic mass is 19.1. The largest absolute Gasteiger partial charge is 0.279 e. The fourth-order valence-corrected chi connectivity index (χ4v) is 3.19. The first kappa shape index (κ1) is 26.5. The van der Waals surface area contributed by atoms with E-state index in [4.69, 9.17) is 0 Å². The summed E-state index contributed by atoms with van der Waals surface area (Å²) in [6.45, 7) is 16.8. The lowest BCUT2D eigenvalue weighted by atomic mass is 9.91. The summed E-state index contributed by atoms with van der Waals surface area (Å²) in [6, 6.07) is 15.6. The molecule has 2 nitrogen and oxygen atoms in total. The van der Waals surface area contributed by atoms with Crippen molar-refractivity contribution in [3.63, 3.8) is 0 Å². The van der Waals surface area contributed by atoms with Gasteiger partial charge in [0.2, 0.25) is 0 Å². The molecule has 1 N–H and O–H groups in total. The first-order valence-corrected chi connectivity index (χ1v) is 11.1. The lowest BCUT2D eigenvalue weighted by molar-refractivity contribution is 0.597. The quantitative estimate of drug-likeness (QED) is 0.443. The van der Waals surface area contributed by atoms with Crippen molar-refractivity contribution in [3.05, 3.63) is 88.7 Å². The molecule has 0 bridgehead atoms. The Hall–Kier alpha value is -2.49. The fraction of sp³-hybridized carbons (Fsp3) is 0.444. The minimum absolute atomic E-state index is 0.0995. The molecule has 0 saturated carbocycles. The van der Waals surface area contributed by atoms with Gasteiger partial charge >= 0.3 is 0 Å². The number of nitrogens with zero attached hydrogens (tertiary/aromatic N) is 1. The van der Waals surface area contributed by atoms with Gasteiger partial charge < -0.3 is 0 Å². The van der Waals surface area contributed by atoms with Gasteiger partial charge in [-0.15, -0.1) is 0 Å². The van der Waals surface area contributed by atoms with Gasteiger partial charge in [-0.2, -0.15) is 5.10 Å². The Labute approximate surface area is 187 Å². The van der Waals surface area contributed by atoms with Crippen molar-refractivity contribution in [3.8, 4) is 0 Å². The van der Waals surface area contributed by atoms with Gasteiger partial charge in [-0.1, -0.05) is 97.9 Å². The van der Waals surface area contributed by atoms with Crippen LogP contribution in [0.1, 0.15) is 101 Å². The molecule has 0 spiro atoms. The van der Waals surface area contributed by atoms with E-state index in [1.54, 1.807) is 6.07 Å². The molecule has 31 heavy (non-hydrogen) atoms. The van der Waals surface area contributed by atoms with Gasteiger partial charge in [0.05, 0.1) is 11.9 Å². The number of hydrogen-bond donors (Lipinski definition) is 1. The number of aromatic amines is 1. The van der Waals surface area contributed by atoms with Crippen LogP contribution in [0.25, 0.3) is 0 Å². The molecule has 0 unspecified atom stereocenters. The van der Waals surface area contributed by atoms with Crippen LogP contribution >= 0.6 is 0 Å². The van der Waals surface area contributed by atoms with Crippen molar-refractivity contribution >= 4 is 0 Å². The number of aromatic nitrogens is 2. The topological polar surface area (TPSA) is 28.7 Å². The monoisotopic (exact) mass is 428 g/mol. The van der Waals surface area contributed by atoms with Gasteiger partial charge in [-0.25, -0.2) is 8.78 Å². The number of benzene rings is 2. The molecule has 2 aromatic carbocycles. The van der Waals surface area contributed by atoms with E-state index in [-0.39, 0.29) is 23.5 Å². The molecule has 1 heterocycles. The van der Waals surface area contributed by atoms with E-state index in [0.717, 1.165) is 5.56 Å². The number of H-pyrrole nitrogens is 1. The molecule has 0 fully saturated rings. The van der Waals surface area contributed by atoms with Crippen molar-refractivity contribution in [2.24, 2.45) is 0 Å². The van der Waals surface area contributed by atoms with E-state index < -0.39 is 0 Å². The van der Waals surface area contributed by atoms with Crippen molar-refractivity contribution in [2.45, 2.75) is 79.1 Å². The van der Waals surface area contributed by atoms with Crippen LogP contribution in [0.2, 0.25) is 0 Å². The summed E-state index contributed by atoms with van der Waals surface area (Å²) >= 11 is 0. The number of hydrogen-bond acceptors (Lipinski definition) is 1. The van der Waals surface area contributed by atoms with Crippen LogP contribution in [0.5, 0.6) is 0 Å². The lowest BCUT2D eigenvalue weighted by Crippen LogP contribution is -1.97. The van der Waals surface area contributed by atoms with Crippen LogP contribution in [0.15, 0.2) is 54.7 Å². The predicted octanol–water partition coefficient (Wildman–Crippen LogP) is 8.55. The highest BCUT2D eigenvalue weighted by Gasteiger charge is 2.08. The van der Waals surface area contributed by atoms with E-state index in [1.807, 2.05) is 39.8 Å². The molecule has 3 aromatic rings. The zero-order valence-electron chi connectivity index (χ0n) is 20.2. The predicted molar refractivity (Wildman–Crippen MR) is 128 cm³/mol. The second-order valence-electron chi connectivity index (χ2n) is 8.90. The van der Waals surface area contributed by atoms with Crippen molar-refractivity contribution < 1.29 is 8.78 Å². The zero-order valence-corrected chi connectivity index (χ0v) is 20.2. The molecule has 0 aliphatic heterocycles. The van der Waals surface area contributed by atoms with Crippen LogP contribution in [-0.4, -0.2) is 10.2 Å². The van der Waals surface area contributed by atoms with E-state index >= 15 is 0 Å². The Kier molecular flexibility index (Phi) is 11.2. The van der Waals surface area contributed by atoms with Crippen LogP contribution in [0.4, 0.5) is 8.78 Å². The Bertz CT molecular complexity index is 869. The zero-order chi connectivity index (χ0) is 23.6. The van der Waals surface area contributed by atoms with Crippen LogP contribution in [0.3, 0.4) is 0 Å². The third-order valence-electron chi connectivity index (χ3n) is 4.96. The summed E-state index contributed by atoms with van der Waals surface area (Å²) in [5.74, 6) is 1.41. The summed E-state index contributed by atoms with van der Waals surface area (Å²) in [5.41, 5.74) is 4.36. The normalized spacial score (nSPS) is 10.8. The summed E-state index contributed by atoms with van der Waals surface area (Å²) in [4.78, 5) is 0. The second kappa shape index (κ2) is 13.0. The summed E-state index contributed by atoms with van der Waals surface area (Å²) in [5, 5.41) is 6.12. The fourth-order valence-electron chi connectivity index (χ4n) is 3.19. The molecule has 0 atom stereocenters. The molecule has 1 aromatic heterocycles. The molecule has 0 aliphatic carbocycles. The maximum Gasteiger partial charge on any atom is 0.164 e. The van der Waals surface area contributed by atoms with Crippen LogP contribution < -0.4 is 0 Å². The van der Waals surface area contributed by atoms with Gasteiger partial charge in [0.1, 0.15) is 5.82 Å². The highest BCUT2D eigenvalue weighted by molar-refractivity contribution is 5.31. The van der Waals surface area contributed by atoms with Crippen molar-refractivity contribution in [1.29, 1.82) is 0 Å². The van der Waals surface area contributed by atoms with Gasteiger partial charge in [0.25, 0.3) is 0 Å². The second-order valence-corrected chi connectivity index (χ2v) is 8.90. The standard InChI is InChI=1S/C12H18.C9H11F.C6H9FN2/c1-9(2)11-7-5-6-8-12(11)10(3)4;1-7(2)8-5-3-4-6-9(8)10;1-4(2)6-5(7)3-8-9-6/h5-10H,1-4H3;3-7H,1-2H3;3-4H,1-2H3,(H,8,9). The van der Waals surface area contributed by atoms with E-state index in [1.165, 1.54) is 23.4 Å². The van der Waals surface area contributed by atoms with E-state index in [9.17, 15) is 8.78 Å².